The molecule has 188 valence electrons. The lowest BCUT2D eigenvalue weighted by atomic mass is 10.1. The summed E-state index contributed by atoms with van der Waals surface area (Å²) >= 11 is 2.34. The molecule has 10 nitrogen and oxygen atoms in total. The predicted molar refractivity (Wildman–Crippen MR) is 143 cm³/mol. The van der Waals surface area contributed by atoms with Crippen molar-refractivity contribution in [3.8, 4) is 16.9 Å². The van der Waals surface area contributed by atoms with Gasteiger partial charge in [-0.3, -0.25) is 9.59 Å². The van der Waals surface area contributed by atoms with E-state index in [0.717, 1.165) is 28.6 Å². The summed E-state index contributed by atoms with van der Waals surface area (Å²) in [5.74, 6) is 0.367. The Kier molecular flexibility index (Phi) is 8.96. The zero-order valence-electron chi connectivity index (χ0n) is 19.9. The van der Waals surface area contributed by atoms with E-state index < -0.39 is 5.24 Å². The molecule has 4 aromatic rings. The van der Waals surface area contributed by atoms with Crippen LogP contribution in [-0.4, -0.2) is 48.8 Å². The lowest BCUT2D eigenvalue weighted by molar-refractivity contribution is -0.143. The van der Waals surface area contributed by atoms with Crippen LogP contribution >= 0.6 is 23.5 Å². The van der Waals surface area contributed by atoms with Crippen molar-refractivity contribution < 1.29 is 14.3 Å². The number of benzene rings is 2. The van der Waals surface area contributed by atoms with Gasteiger partial charge in [0, 0.05) is 28.6 Å². The highest BCUT2D eigenvalue weighted by Gasteiger charge is 2.19. The van der Waals surface area contributed by atoms with E-state index in [1.165, 1.54) is 16.4 Å². The monoisotopic (exact) mass is 533 g/mol. The number of thioether (sulfide) groups is 2. The molecule has 2 aromatic carbocycles. The summed E-state index contributed by atoms with van der Waals surface area (Å²) in [6.07, 6.45) is 2.71. The number of nitrogens with zero attached hydrogens (tertiary/aromatic N) is 5. The number of carbonyl (C=O) groups is 2. The Morgan fingerprint density at radius 3 is 2.81 bits per heavy atom. The Labute approximate surface area is 222 Å². The Morgan fingerprint density at radius 2 is 2.03 bits per heavy atom. The fourth-order valence-corrected chi connectivity index (χ4v) is 4.84. The molecule has 2 aromatic heterocycles. The molecule has 2 N–H and O–H groups in total. The van der Waals surface area contributed by atoms with Gasteiger partial charge in [0.1, 0.15) is 0 Å². The summed E-state index contributed by atoms with van der Waals surface area (Å²) in [4.78, 5) is 32.1. The molecule has 12 heteroatoms. The number of rotatable bonds is 10. The second-order valence-corrected chi connectivity index (χ2v) is 9.72. The molecule has 0 saturated carbocycles. The number of H-pyrrole nitrogens is 1. The highest BCUT2D eigenvalue weighted by Crippen LogP contribution is 2.37. The molecular formula is C25H23N7O3S2. The van der Waals surface area contributed by atoms with Crippen LogP contribution in [0.4, 0.5) is 16.2 Å². The van der Waals surface area contributed by atoms with Gasteiger partial charge in [0.05, 0.1) is 36.7 Å². The van der Waals surface area contributed by atoms with Crippen molar-refractivity contribution in [2.45, 2.75) is 29.8 Å². The van der Waals surface area contributed by atoms with E-state index in [9.17, 15) is 9.59 Å². The summed E-state index contributed by atoms with van der Waals surface area (Å²) < 4.78 is 6.57. The predicted octanol–water partition coefficient (Wildman–Crippen LogP) is 5.97. The van der Waals surface area contributed by atoms with Gasteiger partial charge in [0.25, 0.3) is 5.24 Å². The van der Waals surface area contributed by atoms with Gasteiger partial charge < -0.3 is 15.0 Å². The first kappa shape index (κ1) is 26.0. The van der Waals surface area contributed by atoms with Gasteiger partial charge in [-0.2, -0.15) is 4.68 Å². The Hall–Kier alpha value is -4.08. The third-order valence-electron chi connectivity index (χ3n) is 4.99. The molecule has 0 fully saturated rings. The minimum absolute atomic E-state index is 0.213. The number of anilines is 1. The Bertz CT molecular complexity index is 1410. The van der Waals surface area contributed by atoms with Gasteiger partial charge in [0.2, 0.25) is 10.8 Å². The molecule has 1 amide bonds. The van der Waals surface area contributed by atoms with Crippen LogP contribution in [0.3, 0.4) is 0 Å². The third-order valence-corrected chi connectivity index (χ3v) is 6.71. The summed E-state index contributed by atoms with van der Waals surface area (Å²) in [6, 6.07) is 16.9. The van der Waals surface area contributed by atoms with Crippen LogP contribution in [0.1, 0.15) is 19.8 Å². The minimum atomic E-state index is -0.435. The van der Waals surface area contributed by atoms with E-state index in [-0.39, 0.29) is 11.1 Å². The van der Waals surface area contributed by atoms with Crippen LogP contribution in [0.25, 0.3) is 21.8 Å². The lowest BCUT2D eigenvalue weighted by Crippen LogP contribution is -2.07. The van der Waals surface area contributed by atoms with Gasteiger partial charge in [0.15, 0.2) is 0 Å². The standard InChI is InChI=1S/C25H23N7O3S2/c1-3-13-35-21(33)12-14-36-19-11-7-10-18(15-19)32-24(29-30-31-32)37-25(34)28-20-16-27-22(23(20)26-2)17-8-5-4-6-9-17/h4-11,15-16,27H,3,12-14H2,1H3,(H,28,34). The van der Waals surface area contributed by atoms with Crippen molar-refractivity contribution in [3.63, 3.8) is 0 Å². The number of tetrazole rings is 1. The maximum Gasteiger partial charge on any atom is 0.306 e. The molecular weight excluding hydrogens is 510 g/mol. The molecule has 0 unspecified atom stereocenters. The number of hydrogen-bond donors (Lipinski definition) is 2. The van der Waals surface area contributed by atoms with Gasteiger partial charge in [-0.05, 0) is 40.6 Å². The summed E-state index contributed by atoms with van der Waals surface area (Å²) in [5.41, 5.74) is 2.85. The number of nitrogens with one attached hydrogen (secondary N) is 2. The van der Waals surface area contributed by atoms with E-state index in [1.54, 1.807) is 6.20 Å². The smallest absolute Gasteiger partial charge is 0.306 e. The SMILES string of the molecule is [C-]#[N+]c1c(NC(=O)Sc2nnnn2-c2cccc(SCCC(=O)OCCC)c2)c[nH]c1-c1ccccc1. The van der Waals surface area contributed by atoms with Crippen LogP contribution < -0.4 is 5.32 Å². The van der Waals surface area contributed by atoms with Gasteiger partial charge in [-0.15, -0.1) is 16.9 Å². The zero-order chi connectivity index (χ0) is 26.0. The first-order valence-corrected chi connectivity index (χ1v) is 13.2. The average molecular weight is 534 g/mol. The number of amides is 1. The van der Waals surface area contributed by atoms with Crippen LogP contribution in [0.15, 0.2) is 70.8 Å². The molecule has 37 heavy (non-hydrogen) atoms. The van der Waals surface area contributed by atoms with Crippen molar-refractivity contribution in [2.75, 3.05) is 17.7 Å². The maximum absolute atomic E-state index is 12.8. The highest BCUT2D eigenvalue weighted by molar-refractivity contribution is 8.13. The molecule has 0 aliphatic heterocycles. The quantitative estimate of drug-likeness (QED) is 0.145. The maximum atomic E-state index is 12.8. The first-order chi connectivity index (χ1) is 18.1. The third kappa shape index (κ3) is 6.78. The van der Waals surface area contributed by atoms with Gasteiger partial charge >= 0.3 is 5.97 Å². The van der Waals surface area contributed by atoms with Crippen LogP contribution in [-0.2, 0) is 9.53 Å². The molecule has 0 aliphatic carbocycles. The first-order valence-electron chi connectivity index (χ1n) is 11.4. The number of aromatic nitrogens is 5. The Morgan fingerprint density at radius 1 is 1.19 bits per heavy atom. The number of esters is 1. The number of ether oxygens (including phenoxy) is 1. The molecule has 2 heterocycles. The summed E-state index contributed by atoms with van der Waals surface area (Å²) in [6.45, 7) is 9.97. The van der Waals surface area contributed by atoms with Crippen LogP contribution in [0.5, 0.6) is 0 Å². The van der Waals surface area contributed by atoms with E-state index in [4.69, 9.17) is 11.3 Å². The minimum Gasteiger partial charge on any atom is -0.466 e. The van der Waals surface area contributed by atoms with E-state index in [1.807, 2.05) is 61.5 Å². The largest absolute Gasteiger partial charge is 0.466 e. The normalized spacial score (nSPS) is 10.6. The van der Waals surface area contributed by atoms with Gasteiger partial charge in [-0.25, -0.2) is 4.85 Å². The molecule has 0 aliphatic rings. The molecule has 0 bridgehead atoms. The van der Waals surface area contributed by atoms with Crippen molar-refractivity contribution in [3.05, 3.63) is 72.2 Å². The molecule has 0 spiro atoms. The second kappa shape index (κ2) is 12.8. The molecule has 0 saturated heterocycles. The van der Waals surface area contributed by atoms with E-state index >= 15 is 0 Å². The summed E-state index contributed by atoms with van der Waals surface area (Å²) in [7, 11) is 0. The van der Waals surface area contributed by atoms with Gasteiger partial charge in [-0.1, -0.05) is 43.3 Å². The number of hydrogen-bond acceptors (Lipinski definition) is 8. The van der Waals surface area contributed by atoms with E-state index in [2.05, 4.69) is 30.7 Å². The fourth-order valence-electron chi connectivity index (χ4n) is 3.32. The van der Waals surface area contributed by atoms with Crippen molar-refractivity contribution in [2.24, 2.45) is 0 Å². The van der Waals surface area contributed by atoms with Crippen LogP contribution in [0.2, 0.25) is 0 Å². The fraction of sp³-hybridized carbons (Fsp3) is 0.200. The van der Waals surface area contributed by atoms with Crippen molar-refractivity contribution >= 4 is 46.1 Å². The second-order valence-electron chi connectivity index (χ2n) is 7.61. The van der Waals surface area contributed by atoms with Crippen molar-refractivity contribution in [1.82, 2.24) is 25.2 Å². The van der Waals surface area contributed by atoms with Crippen LogP contribution in [0, 0.1) is 6.57 Å². The Balaban J connectivity index is 1.41. The number of carbonyl (C=O) groups excluding carboxylic acids is 2. The number of aromatic amines is 1. The highest BCUT2D eigenvalue weighted by atomic mass is 32.2. The summed E-state index contributed by atoms with van der Waals surface area (Å²) in [5, 5.41) is 14.3. The molecule has 0 atom stereocenters. The zero-order valence-corrected chi connectivity index (χ0v) is 21.5. The molecule has 0 radical (unpaired) electrons. The van der Waals surface area contributed by atoms with E-state index in [0.29, 0.717) is 41.5 Å². The van der Waals surface area contributed by atoms with Crippen molar-refractivity contribution in [1.29, 1.82) is 0 Å². The topological polar surface area (TPSA) is 119 Å². The lowest BCUT2D eigenvalue weighted by Gasteiger charge is -2.07. The molecule has 4 rings (SSSR count). The average Bonchev–Trinajstić information content (AvgIpc) is 3.54.